The highest BCUT2D eigenvalue weighted by molar-refractivity contribution is 6.31. The van der Waals surface area contributed by atoms with Gasteiger partial charge in [0.25, 0.3) is 0 Å². The molecule has 0 heterocycles. The summed E-state index contributed by atoms with van der Waals surface area (Å²) in [6, 6.07) is 3.39. The molecule has 0 N–H and O–H groups in total. The molecule has 1 aromatic rings. The Morgan fingerprint density at radius 3 is 2.53 bits per heavy atom. The molecule has 0 spiro atoms. The summed E-state index contributed by atoms with van der Waals surface area (Å²) in [5.41, 5.74) is 1.63. The Morgan fingerprint density at radius 2 is 2.00 bits per heavy atom. The van der Waals surface area contributed by atoms with E-state index < -0.39 is 0 Å². The Hall–Kier alpha value is -0.890. The van der Waals surface area contributed by atoms with Crippen LogP contribution in [0.4, 0.5) is 4.39 Å². The molecule has 0 aliphatic heterocycles. The Kier molecular flexibility index (Phi) is 6.50. The van der Waals surface area contributed by atoms with Crippen molar-refractivity contribution in [3.63, 3.8) is 0 Å². The van der Waals surface area contributed by atoms with Crippen LogP contribution in [-0.4, -0.2) is 5.78 Å². The van der Waals surface area contributed by atoms with Crippen molar-refractivity contribution in [1.29, 1.82) is 0 Å². The number of rotatable bonds is 7. The van der Waals surface area contributed by atoms with Crippen molar-refractivity contribution in [3.8, 4) is 0 Å². The van der Waals surface area contributed by atoms with E-state index in [-0.39, 0.29) is 22.5 Å². The topological polar surface area (TPSA) is 17.1 Å². The van der Waals surface area contributed by atoms with E-state index >= 15 is 0 Å². The molecule has 106 valence electrons. The molecule has 0 saturated heterocycles. The SMILES string of the molecule is CCCC(=O)CC(CCC)c1cc(C)c(Cl)c(F)c1. The van der Waals surface area contributed by atoms with Crippen molar-refractivity contribution in [2.45, 2.75) is 58.8 Å². The summed E-state index contributed by atoms with van der Waals surface area (Å²) in [5.74, 6) is -0.0239. The summed E-state index contributed by atoms with van der Waals surface area (Å²) >= 11 is 5.84. The molecule has 1 nitrogen and oxygen atoms in total. The van der Waals surface area contributed by atoms with Gasteiger partial charge in [0, 0.05) is 12.8 Å². The summed E-state index contributed by atoms with van der Waals surface area (Å²) < 4.78 is 13.7. The maximum Gasteiger partial charge on any atom is 0.142 e. The van der Waals surface area contributed by atoms with Gasteiger partial charge in [-0.25, -0.2) is 4.39 Å². The minimum Gasteiger partial charge on any atom is -0.300 e. The summed E-state index contributed by atoms with van der Waals surface area (Å²) in [4.78, 5) is 11.8. The second-order valence-corrected chi connectivity index (χ2v) is 5.49. The van der Waals surface area contributed by atoms with Crippen LogP contribution in [0.3, 0.4) is 0 Å². The average molecular weight is 285 g/mol. The van der Waals surface area contributed by atoms with E-state index in [0.29, 0.717) is 12.8 Å². The second-order valence-electron chi connectivity index (χ2n) is 5.11. The average Bonchev–Trinajstić information content (AvgIpc) is 2.35. The highest BCUT2D eigenvalue weighted by Crippen LogP contribution is 2.30. The van der Waals surface area contributed by atoms with Gasteiger partial charge in [-0.1, -0.05) is 37.9 Å². The van der Waals surface area contributed by atoms with Crippen molar-refractivity contribution >= 4 is 17.4 Å². The van der Waals surface area contributed by atoms with Gasteiger partial charge in [-0.3, -0.25) is 4.79 Å². The van der Waals surface area contributed by atoms with Crippen LogP contribution in [0, 0.1) is 12.7 Å². The van der Waals surface area contributed by atoms with Crippen LogP contribution in [0.2, 0.25) is 5.02 Å². The fourth-order valence-electron chi connectivity index (χ4n) is 2.38. The fraction of sp³-hybridized carbons (Fsp3) is 0.562. The number of halogens is 2. The zero-order chi connectivity index (χ0) is 14.4. The minimum absolute atomic E-state index is 0.106. The maximum atomic E-state index is 13.7. The number of ketones is 1. The van der Waals surface area contributed by atoms with E-state index in [4.69, 9.17) is 11.6 Å². The Bertz CT molecular complexity index is 419. The Labute approximate surface area is 120 Å². The van der Waals surface area contributed by atoms with Crippen molar-refractivity contribution in [2.75, 3.05) is 0 Å². The Balaban J connectivity index is 2.95. The van der Waals surface area contributed by atoms with Crippen LogP contribution in [0.5, 0.6) is 0 Å². The molecule has 1 aromatic carbocycles. The number of hydrogen-bond donors (Lipinski definition) is 0. The normalized spacial score (nSPS) is 12.5. The van der Waals surface area contributed by atoms with Crippen LogP contribution in [-0.2, 0) is 4.79 Å². The van der Waals surface area contributed by atoms with E-state index in [0.717, 1.165) is 30.4 Å². The van der Waals surface area contributed by atoms with E-state index in [2.05, 4.69) is 6.92 Å². The van der Waals surface area contributed by atoms with Crippen molar-refractivity contribution in [1.82, 2.24) is 0 Å². The summed E-state index contributed by atoms with van der Waals surface area (Å²) in [5, 5.41) is 0.180. The molecule has 0 saturated carbocycles. The van der Waals surface area contributed by atoms with Gasteiger partial charge in [0.15, 0.2) is 0 Å². The first-order valence-electron chi connectivity index (χ1n) is 6.96. The number of carbonyl (C=O) groups excluding carboxylic acids is 1. The van der Waals surface area contributed by atoms with Crippen LogP contribution in [0.15, 0.2) is 12.1 Å². The predicted molar refractivity (Wildman–Crippen MR) is 78.3 cm³/mol. The molecule has 0 aliphatic carbocycles. The molecule has 0 bridgehead atoms. The first kappa shape index (κ1) is 16.2. The van der Waals surface area contributed by atoms with Gasteiger partial charge < -0.3 is 0 Å². The number of benzene rings is 1. The number of aryl methyl sites for hydroxylation is 1. The van der Waals surface area contributed by atoms with Crippen LogP contribution >= 0.6 is 11.6 Å². The van der Waals surface area contributed by atoms with Gasteiger partial charge in [-0.05, 0) is 42.9 Å². The largest absolute Gasteiger partial charge is 0.300 e. The lowest BCUT2D eigenvalue weighted by Gasteiger charge is -2.17. The molecule has 1 rings (SSSR count). The number of Topliss-reactive ketones (excluding diaryl/α,β-unsaturated/α-hetero) is 1. The standard InChI is InChI=1S/C16H22ClFO/c1-4-6-12(9-14(19)7-5-2)13-8-11(3)16(17)15(18)10-13/h8,10,12H,4-7,9H2,1-3H3. The smallest absolute Gasteiger partial charge is 0.142 e. The number of carbonyl (C=O) groups is 1. The monoisotopic (exact) mass is 284 g/mol. The van der Waals surface area contributed by atoms with Crippen LogP contribution < -0.4 is 0 Å². The van der Waals surface area contributed by atoms with Crippen LogP contribution in [0.1, 0.15) is 63.0 Å². The Morgan fingerprint density at radius 1 is 1.32 bits per heavy atom. The highest BCUT2D eigenvalue weighted by atomic mass is 35.5. The summed E-state index contributed by atoms with van der Waals surface area (Å²) in [6.45, 7) is 5.88. The molecule has 0 aliphatic rings. The third kappa shape index (κ3) is 4.61. The molecule has 3 heteroatoms. The van der Waals surface area contributed by atoms with Crippen molar-refractivity contribution in [2.24, 2.45) is 0 Å². The minimum atomic E-state index is -0.388. The first-order valence-corrected chi connectivity index (χ1v) is 7.34. The molecular formula is C16H22ClFO. The zero-order valence-corrected chi connectivity index (χ0v) is 12.7. The van der Waals surface area contributed by atoms with Gasteiger partial charge in [0.05, 0.1) is 5.02 Å². The lowest BCUT2D eigenvalue weighted by atomic mass is 9.88. The quantitative estimate of drug-likeness (QED) is 0.652. The van der Waals surface area contributed by atoms with E-state index in [1.165, 1.54) is 6.07 Å². The first-order chi connectivity index (χ1) is 8.99. The molecule has 0 aromatic heterocycles. The van der Waals surface area contributed by atoms with Crippen molar-refractivity contribution in [3.05, 3.63) is 34.1 Å². The van der Waals surface area contributed by atoms with E-state index in [1.807, 2.05) is 13.0 Å². The molecule has 19 heavy (non-hydrogen) atoms. The van der Waals surface area contributed by atoms with Gasteiger partial charge in [-0.2, -0.15) is 0 Å². The molecule has 1 atom stereocenters. The lowest BCUT2D eigenvalue weighted by molar-refractivity contribution is -0.119. The third-order valence-corrected chi connectivity index (χ3v) is 3.82. The maximum absolute atomic E-state index is 13.7. The summed E-state index contributed by atoms with van der Waals surface area (Å²) in [6.07, 6.45) is 3.85. The predicted octanol–water partition coefficient (Wildman–Crippen LogP) is 5.43. The molecule has 0 amide bonds. The number of hydrogen-bond acceptors (Lipinski definition) is 1. The van der Waals surface area contributed by atoms with E-state index in [1.54, 1.807) is 6.92 Å². The highest BCUT2D eigenvalue weighted by Gasteiger charge is 2.17. The van der Waals surface area contributed by atoms with Gasteiger partial charge in [0.1, 0.15) is 11.6 Å². The molecular weight excluding hydrogens is 263 g/mol. The molecule has 1 unspecified atom stereocenters. The second kappa shape index (κ2) is 7.64. The van der Waals surface area contributed by atoms with Crippen LogP contribution in [0.25, 0.3) is 0 Å². The third-order valence-electron chi connectivity index (χ3n) is 3.34. The van der Waals surface area contributed by atoms with Gasteiger partial charge in [0.2, 0.25) is 0 Å². The summed E-state index contributed by atoms with van der Waals surface area (Å²) in [7, 11) is 0. The fourth-order valence-corrected chi connectivity index (χ4v) is 2.49. The van der Waals surface area contributed by atoms with E-state index in [9.17, 15) is 9.18 Å². The van der Waals surface area contributed by atoms with Gasteiger partial charge >= 0.3 is 0 Å². The zero-order valence-electron chi connectivity index (χ0n) is 11.9. The lowest BCUT2D eigenvalue weighted by Crippen LogP contribution is -2.08. The van der Waals surface area contributed by atoms with Gasteiger partial charge in [-0.15, -0.1) is 0 Å². The van der Waals surface area contributed by atoms with Crippen molar-refractivity contribution < 1.29 is 9.18 Å². The molecule has 0 radical (unpaired) electrons. The molecule has 0 fully saturated rings.